The fraction of sp³-hybridized carbons (Fsp3) is 0.160. The van der Waals surface area contributed by atoms with Gasteiger partial charge in [0.2, 0.25) is 5.75 Å². The summed E-state index contributed by atoms with van der Waals surface area (Å²) in [7, 11) is 0. The molecule has 0 aliphatic rings. The Morgan fingerprint density at radius 1 is 1.15 bits per heavy atom. The molecule has 0 N–H and O–H groups in total. The zero-order valence-corrected chi connectivity index (χ0v) is 20.1. The van der Waals surface area contributed by atoms with Crippen LogP contribution in [0.25, 0.3) is 10.9 Å². The van der Waals surface area contributed by atoms with Crippen molar-refractivity contribution in [2.24, 2.45) is 5.10 Å². The molecule has 0 radical (unpaired) electrons. The number of halogens is 1. The summed E-state index contributed by atoms with van der Waals surface area (Å²) in [6, 6.07) is 19.2. The van der Waals surface area contributed by atoms with Crippen molar-refractivity contribution in [1.29, 1.82) is 0 Å². The van der Waals surface area contributed by atoms with Gasteiger partial charge in [-0.1, -0.05) is 66.2 Å². The van der Waals surface area contributed by atoms with Crippen molar-refractivity contribution in [3.63, 3.8) is 0 Å². The molecule has 0 unspecified atom stereocenters. The lowest BCUT2D eigenvalue weighted by Crippen LogP contribution is -2.23. The van der Waals surface area contributed by atoms with Crippen molar-refractivity contribution in [3.05, 3.63) is 109 Å². The average Bonchev–Trinajstić information content (AvgIpc) is 2.83. The molecule has 0 fully saturated rings. The van der Waals surface area contributed by atoms with Gasteiger partial charge in [0, 0.05) is 22.0 Å². The highest BCUT2D eigenvalue weighted by Crippen LogP contribution is 2.31. The van der Waals surface area contributed by atoms with Crippen LogP contribution >= 0.6 is 15.9 Å². The maximum absolute atomic E-state index is 13.2. The topological polar surface area (TPSA) is 99.6 Å². The minimum absolute atomic E-state index is 0.0794. The lowest BCUT2D eigenvalue weighted by molar-refractivity contribution is -0.385. The Balaban J connectivity index is 1.80. The second-order valence-electron chi connectivity index (χ2n) is 7.87. The second kappa shape index (κ2) is 9.96. The zero-order chi connectivity index (χ0) is 24.2. The van der Waals surface area contributed by atoms with E-state index in [9.17, 15) is 14.9 Å². The predicted octanol–water partition coefficient (Wildman–Crippen LogP) is 5.65. The molecule has 8 nitrogen and oxygen atoms in total. The van der Waals surface area contributed by atoms with Gasteiger partial charge in [0.25, 0.3) is 5.56 Å². The minimum Gasteiger partial charge on any atom is -0.481 e. The van der Waals surface area contributed by atoms with Gasteiger partial charge in [0.05, 0.1) is 22.0 Å². The lowest BCUT2D eigenvalue weighted by Gasteiger charge is -2.13. The van der Waals surface area contributed by atoms with Gasteiger partial charge in [0.15, 0.2) is 0 Å². The van der Waals surface area contributed by atoms with Gasteiger partial charge in [-0.05, 0) is 29.8 Å². The van der Waals surface area contributed by atoms with Crippen molar-refractivity contribution in [3.8, 4) is 5.75 Å². The maximum atomic E-state index is 13.2. The van der Waals surface area contributed by atoms with Gasteiger partial charge < -0.3 is 4.74 Å². The molecule has 9 heteroatoms. The fourth-order valence-electron chi connectivity index (χ4n) is 3.45. The number of nitro groups is 1. The number of fused-ring (bicyclic) bond motifs is 1. The molecule has 0 amide bonds. The number of para-hydroxylation sites is 1. The molecular formula is C25H21BrN4O4. The van der Waals surface area contributed by atoms with Gasteiger partial charge in [0.1, 0.15) is 12.4 Å². The highest BCUT2D eigenvalue weighted by molar-refractivity contribution is 9.10. The fourth-order valence-corrected chi connectivity index (χ4v) is 3.81. The lowest BCUT2D eigenvalue weighted by atomic mass is 10.1. The van der Waals surface area contributed by atoms with Crippen LogP contribution < -0.4 is 10.3 Å². The van der Waals surface area contributed by atoms with E-state index in [0.29, 0.717) is 22.3 Å². The van der Waals surface area contributed by atoms with E-state index in [4.69, 9.17) is 4.74 Å². The van der Waals surface area contributed by atoms with Crippen molar-refractivity contribution < 1.29 is 9.66 Å². The van der Waals surface area contributed by atoms with Crippen LogP contribution in [0.15, 0.2) is 81.1 Å². The maximum Gasteiger partial charge on any atom is 0.311 e. The highest BCUT2D eigenvalue weighted by atomic mass is 79.9. The summed E-state index contributed by atoms with van der Waals surface area (Å²) in [5.74, 6) is 0.473. The quantitative estimate of drug-likeness (QED) is 0.178. The van der Waals surface area contributed by atoms with Crippen molar-refractivity contribution >= 4 is 38.7 Å². The summed E-state index contributed by atoms with van der Waals surface area (Å²) in [5.41, 5.74) is 1.30. The van der Waals surface area contributed by atoms with Crippen molar-refractivity contribution in [2.45, 2.75) is 26.4 Å². The monoisotopic (exact) mass is 520 g/mol. The molecule has 1 aromatic heterocycles. The molecule has 0 bridgehead atoms. The van der Waals surface area contributed by atoms with Crippen LogP contribution in [0.2, 0.25) is 0 Å². The SMILES string of the molecule is CC(C)c1nc2ccc(Br)cc2c(=O)n1N=Cc1cccc([N+](=O)[O-])c1OCc1ccccc1. The normalized spacial score (nSPS) is 11.4. The number of hydrogen-bond acceptors (Lipinski definition) is 6. The van der Waals surface area contributed by atoms with Crippen LogP contribution in [0, 0.1) is 10.1 Å². The van der Waals surface area contributed by atoms with Crippen molar-refractivity contribution in [2.75, 3.05) is 0 Å². The van der Waals surface area contributed by atoms with Crippen molar-refractivity contribution in [1.82, 2.24) is 9.66 Å². The predicted molar refractivity (Wildman–Crippen MR) is 135 cm³/mol. The summed E-state index contributed by atoms with van der Waals surface area (Å²) >= 11 is 3.39. The number of nitrogens with zero attached hydrogens (tertiary/aromatic N) is 4. The van der Waals surface area contributed by atoms with Crippen LogP contribution in [-0.4, -0.2) is 20.8 Å². The Hall–Kier alpha value is -3.85. The second-order valence-corrected chi connectivity index (χ2v) is 8.79. The van der Waals surface area contributed by atoms with Crippen LogP contribution in [-0.2, 0) is 6.61 Å². The number of aromatic nitrogens is 2. The molecule has 1 heterocycles. The molecule has 0 spiro atoms. The Morgan fingerprint density at radius 3 is 2.62 bits per heavy atom. The average molecular weight is 521 g/mol. The summed E-state index contributed by atoms with van der Waals surface area (Å²) in [6.07, 6.45) is 1.39. The Kier molecular flexibility index (Phi) is 6.83. The number of benzene rings is 3. The van der Waals surface area contributed by atoms with E-state index in [2.05, 4.69) is 26.0 Å². The third-order valence-corrected chi connectivity index (χ3v) is 5.60. The van der Waals surface area contributed by atoms with E-state index in [-0.39, 0.29) is 29.5 Å². The Bertz CT molecular complexity index is 1450. The van der Waals surface area contributed by atoms with E-state index in [1.807, 2.05) is 50.2 Å². The van der Waals surface area contributed by atoms with E-state index in [0.717, 1.165) is 10.0 Å². The summed E-state index contributed by atoms with van der Waals surface area (Å²) in [5, 5.41) is 16.5. The molecule has 0 atom stereocenters. The van der Waals surface area contributed by atoms with E-state index in [1.54, 1.807) is 24.3 Å². The molecule has 3 aromatic carbocycles. The molecule has 0 aliphatic carbocycles. The van der Waals surface area contributed by atoms with Gasteiger partial charge in [-0.2, -0.15) is 9.78 Å². The molecule has 34 heavy (non-hydrogen) atoms. The third-order valence-electron chi connectivity index (χ3n) is 5.11. The Labute approximate surface area is 203 Å². The van der Waals surface area contributed by atoms with Gasteiger partial charge in [-0.25, -0.2) is 4.98 Å². The molecule has 4 aromatic rings. The number of nitro benzene ring substituents is 1. The standard InChI is InChI=1S/C25H21BrN4O4/c1-16(2)24-28-21-12-11-19(26)13-20(21)25(31)29(24)27-14-18-9-6-10-22(30(32)33)23(18)34-15-17-7-4-3-5-8-17/h3-14,16H,15H2,1-2H3. The first kappa shape index (κ1) is 23.3. The minimum atomic E-state index is -0.501. The van der Waals surface area contributed by atoms with Gasteiger partial charge in [-0.15, -0.1) is 0 Å². The molecule has 0 aliphatic heterocycles. The Morgan fingerprint density at radius 2 is 1.91 bits per heavy atom. The molecule has 0 saturated carbocycles. The summed E-state index contributed by atoms with van der Waals surface area (Å²) < 4.78 is 7.84. The number of hydrogen-bond donors (Lipinski definition) is 0. The summed E-state index contributed by atoms with van der Waals surface area (Å²) in [6.45, 7) is 3.98. The first-order valence-corrected chi connectivity index (χ1v) is 11.3. The molecule has 172 valence electrons. The third kappa shape index (κ3) is 4.89. The molecular weight excluding hydrogens is 500 g/mol. The molecule has 0 saturated heterocycles. The summed E-state index contributed by atoms with van der Waals surface area (Å²) in [4.78, 5) is 29.0. The zero-order valence-electron chi connectivity index (χ0n) is 18.5. The van der Waals surface area contributed by atoms with E-state index >= 15 is 0 Å². The largest absolute Gasteiger partial charge is 0.481 e. The van der Waals surface area contributed by atoms with Gasteiger partial charge >= 0.3 is 5.69 Å². The molecule has 4 rings (SSSR count). The van der Waals surface area contributed by atoms with Gasteiger partial charge in [-0.3, -0.25) is 14.9 Å². The first-order valence-electron chi connectivity index (χ1n) is 10.6. The first-order chi connectivity index (χ1) is 16.3. The van der Waals surface area contributed by atoms with Crippen LogP contribution in [0.4, 0.5) is 5.69 Å². The van der Waals surface area contributed by atoms with Crippen LogP contribution in [0.5, 0.6) is 5.75 Å². The number of rotatable bonds is 7. The van der Waals surface area contributed by atoms with E-state index in [1.165, 1.54) is 17.0 Å². The smallest absolute Gasteiger partial charge is 0.311 e. The van der Waals surface area contributed by atoms with Crippen LogP contribution in [0.1, 0.15) is 36.7 Å². The van der Waals surface area contributed by atoms with E-state index < -0.39 is 4.92 Å². The highest BCUT2D eigenvalue weighted by Gasteiger charge is 2.19. The number of ether oxygens (including phenoxy) is 1. The van der Waals surface area contributed by atoms with Crippen LogP contribution in [0.3, 0.4) is 0 Å².